The van der Waals surface area contributed by atoms with Crippen molar-refractivity contribution in [2.24, 2.45) is 5.41 Å². The summed E-state index contributed by atoms with van der Waals surface area (Å²) in [5.74, 6) is 1.41. The molecule has 1 aromatic heterocycles. The molecule has 16 heavy (non-hydrogen) atoms. The number of aromatic nitrogens is 2. The molecule has 0 unspecified atom stereocenters. The lowest BCUT2D eigenvalue weighted by Crippen LogP contribution is -2.35. The van der Waals surface area contributed by atoms with Crippen LogP contribution in [-0.2, 0) is 6.54 Å². The molecule has 0 bridgehead atoms. The fraction of sp³-hybridized carbons (Fsp3) is 0.833. The number of nitrogens with zero attached hydrogens (tertiary/aromatic N) is 2. The van der Waals surface area contributed by atoms with Crippen molar-refractivity contribution in [3.05, 3.63) is 11.7 Å². The fourth-order valence-electron chi connectivity index (χ4n) is 2.25. The topological polar surface area (TPSA) is 51.0 Å². The van der Waals surface area contributed by atoms with Crippen molar-refractivity contribution in [2.45, 2.75) is 59.0 Å². The number of nitrogens with one attached hydrogen (secondary N) is 1. The van der Waals surface area contributed by atoms with E-state index in [-0.39, 0.29) is 0 Å². The molecule has 0 radical (unpaired) electrons. The van der Waals surface area contributed by atoms with Crippen molar-refractivity contribution in [2.75, 3.05) is 0 Å². The van der Waals surface area contributed by atoms with Crippen LogP contribution in [0.2, 0.25) is 0 Å². The fourth-order valence-corrected chi connectivity index (χ4v) is 2.25. The number of hydrogen-bond donors (Lipinski definition) is 1. The van der Waals surface area contributed by atoms with E-state index < -0.39 is 0 Å². The van der Waals surface area contributed by atoms with Gasteiger partial charge in [-0.2, -0.15) is 4.98 Å². The van der Waals surface area contributed by atoms with Crippen molar-refractivity contribution >= 4 is 0 Å². The monoisotopic (exact) mass is 223 g/mol. The van der Waals surface area contributed by atoms with E-state index in [9.17, 15) is 0 Å². The van der Waals surface area contributed by atoms with E-state index in [1.54, 1.807) is 0 Å². The van der Waals surface area contributed by atoms with Gasteiger partial charge in [-0.05, 0) is 31.1 Å². The summed E-state index contributed by atoms with van der Waals surface area (Å²) in [4.78, 5) is 4.18. The molecule has 0 atom stereocenters. The molecule has 0 aliphatic heterocycles. The smallest absolute Gasteiger partial charge is 0.223 e. The summed E-state index contributed by atoms with van der Waals surface area (Å²) >= 11 is 0. The molecule has 4 heteroatoms. The molecule has 1 aromatic rings. The highest BCUT2D eigenvalue weighted by Crippen LogP contribution is 2.34. The van der Waals surface area contributed by atoms with Gasteiger partial charge in [-0.25, -0.2) is 0 Å². The van der Waals surface area contributed by atoms with Crippen LogP contribution in [-0.4, -0.2) is 16.2 Å². The van der Waals surface area contributed by atoms with Gasteiger partial charge in [-0.3, -0.25) is 0 Å². The van der Waals surface area contributed by atoms with Crippen LogP contribution in [0.5, 0.6) is 0 Å². The molecule has 0 amide bonds. The van der Waals surface area contributed by atoms with Crippen LogP contribution < -0.4 is 5.32 Å². The molecule has 1 N–H and O–H groups in total. The molecular weight excluding hydrogens is 202 g/mol. The zero-order chi connectivity index (χ0) is 11.6. The number of rotatable bonds is 3. The molecule has 1 saturated carbocycles. The average Bonchev–Trinajstić information content (AvgIpc) is 2.63. The van der Waals surface area contributed by atoms with E-state index in [0.717, 1.165) is 12.4 Å². The molecule has 2 rings (SSSR count). The highest BCUT2D eigenvalue weighted by Gasteiger charge is 2.26. The first-order chi connectivity index (χ1) is 7.55. The second-order valence-corrected chi connectivity index (χ2v) is 5.55. The molecule has 90 valence electrons. The Balaban J connectivity index is 1.75. The maximum absolute atomic E-state index is 4.94. The Kier molecular flexibility index (Phi) is 3.28. The van der Waals surface area contributed by atoms with Crippen molar-refractivity contribution in [1.82, 2.24) is 15.5 Å². The summed E-state index contributed by atoms with van der Waals surface area (Å²) < 4.78 is 4.94. The third kappa shape index (κ3) is 3.04. The zero-order valence-electron chi connectivity index (χ0n) is 10.4. The SMILES string of the molecule is Cc1nc(CNC2CCC(C)(C)CC2)no1. The van der Waals surface area contributed by atoms with Gasteiger partial charge in [0.15, 0.2) is 5.82 Å². The van der Waals surface area contributed by atoms with Gasteiger partial charge in [0.25, 0.3) is 0 Å². The predicted molar refractivity (Wildman–Crippen MR) is 61.9 cm³/mol. The zero-order valence-corrected chi connectivity index (χ0v) is 10.4. The molecule has 1 heterocycles. The summed E-state index contributed by atoms with van der Waals surface area (Å²) in [6.07, 6.45) is 5.11. The highest BCUT2D eigenvalue weighted by molar-refractivity contribution is 4.87. The van der Waals surface area contributed by atoms with E-state index in [1.165, 1.54) is 25.7 Å². The molecule has 1 fully saturated rings. The molecule has 1 aliphatic rings. The van der Waals surface area contributed by atoms with Gasteiger partial charge < -0.3 is 9.84 Å². The van der Waals surface area contributed by atoms with Crippen LogP contribution in [0.25, 0.3) is 0 Å². The van der Waals surface area contributed by atoms with Crippen LogP contribution in [0.3, 0.4) is 0 Å². The van der Waals surface area contributed by atoms with Gasteiger partial charge in [0.05, 0.1) is 6.54 Å². The first-order valence-corrected chi connectivity index (χ1v) is 6.08. The van der Waals surface area contributed by atoms with Gasteiger partial charge >= 0.3 is 0 Å². The minimum absolute atomic E-state index is 0.529. The van der Waals surface area contributed by atoms with E-state index in [4.69, 9.17) is 4.52 Å². The Labute approximate surface area is 96.8 Å². The van der Waals surface area contributed by atoms with Crippen LogP contribution >= 0.6 is 0 Å². The van der Waals surface area contributed by atoms with Gasteiger partial charge in [0, 0.05) is 13.0 Å². The van der Waals surface area contributed by atoms with Crippen LogP contribution in [0.15, 0.2) is 4.52 Å². The molecule has 0 spiro atoms. The lowest BCUT2D eigenvalue weighted by Gasteiger charge is -2.34. The minimum atomic E-state index is 0.529. The van der Waals surface area contributed by atoms with Gasteiger partial charge in [-0.15, -0.1) is 0 Å². The van der Waals surface area contributed by atoms with Crippen molar-refractivity contribution in [1.29, 1.82) is 0 Å². The quantitative estimate of drug-likeness (QED) is 0.855. The maximum atomic E-state index is 4.94. The Morgan fingerprint density at radius 2 is 2.06 bits per heavy atom. The summed E-state index contributed by atoms with van der Waals surface area (Å²) in [7, 11) is 0. The van der Waals surface area contributed by atoms with E-state index in [2.05, 4.69) is 29.3 Å². The number of hydrogen-bond acceptors (Lipinski definition) is 4. The minimum Gasteiger partial charge on any atom is -0.340 e. The van der Waals surface area contributed by atoms with Crippen LogP contribution in [0.1, 0.15) is 51.2 Å². The standard InChI is InChI=1S/C12H21N3O/c1-9-14-11(15-16-9)8-13-10-4-6-12(2,3)7-5-10/h10,13H,4-8H2,1-3H3. The molecule has 1 aliphatic carbocycles. The van der Waals surface area contributed by atoms with Crippen molar-refractivity contribution < 1.29 is 4.52 Å². The average molecular weight is 223 g/mol. The largest absolute Gasteiger partial charge is 0.340 e. The van der Waals surface area contributed by atoms with Gasteiger partial charge in [0.2, 0.25) is 5.89 Å². The van der Waals surface area contributed by atoms with E-state index in [0.29, 0.717) is 17.3 Å². The lowest BCUT2D eigenvalue weighted by atomic mass is 9.75. The lowest BCUT2D eigenvalue weighted by molar-refractivity contribution is 0.205. The molecule has 4 nitrogen and oxygen atoms in total. The molecular formula is C12H21N3O. The third-order valence-corrected chi connectivity index (χ3v) is 3.46. The normalized spacial score (nSPS) is 21.2. The van der Waals surface area contributed by atoms with Crippen LogP contribution in [0, 0.1) is 12.3 Å². The van der Waals surface area contributed by atoms with Gasteiger partial charge in [-0.1, -0.05) is 19.0 Å². The van der Waals surface area contributed by atoms with Gasteiger partial charge in [0.1, 0.15) is 0 Å². The second kappa shape index (κ2) is 4.53. The highest BCUT2D eigenvalue weighted by atomic mass is 16.5. The number of aryl methyl sites for hydroxylation is 1. The second-order valence-electron chi connectivity index (χ2n) is 5.55. The summed E-state index contributed by atoms with van der Waals surface area (Å²) in [5.41, 5.74) is 0.529. The molecule has 0 aromatic carbocycles. The Bertz CT molecular complexity index is 336. The Hall–Kier alpha value is -0.900. The van der Waals surface area contributed by atoms with E-state index in [1.807, 2.05) is 6.92 Å². The maximum Gasteiger partial charge on any atom is 0.223 e. The van der Waals surface area contributed by atoms with Crippen molar-refractivity contribution in [3.63, 3.8) is 0 Å². The van der Waals surface area contributed by atoms with Crippen LogP contribution in [0.4, 0.5) is 0 Å². The summed E-state index contributed by atoms with van der Waals surface area (Å²) in [5, 5.41) is 7.38. The summed E-state index contributed by atoms with van der Waals surface area (Å²) in [6.45, 7) is 7.25. The van der Waals surface area contributed by atoms with Crippen molar-refractivity contribution in [3.8, 4) is 0 Å². The summed E-state index contributed by atoms with van der Waals surface area (Å²) in [6, 6.07) is 0.617. The van der Waals surface area contributed by atoms with E-state index >= 15 is 0 Å². The third-order valence-electron chi connectivity index (χ3n) is 3.46. The first kappa shape index (κ1) is 11.6. The Morgan fingerprint density at radius 3 is 2.62 bits per heavy atom. The first-order valence-electron chi connectivity index (χ1n) is 6.08. The molecule has 0 saturated heterocycles. The predicted octanol–water partition coefficient (Wildman–Crippen LogP) is 2.44. The Morgan fingerprint density at radius 1 is 1.38 bits per heavy atom.